The number of halogens is 2. The molecule has 0 radical (unpaired) electrons. The predicted octanol–water partition coefficient (Wildman–Crippen LogP) is 2.30. The van der Waals surface area contributed by atoms with Gasteiger partial charge in [-0.2, -0.15) is 0 Å². The van der Waals surface area contributed by atoms with E-state index in [1.165, 1.54) is 35.1 Å². The van der Waals surface area contributed by atoms with Crippen molar-refractivity contribution < 1.29 is 9.18 Å². The van der Waals surface area contributed by atoms with E-state index in [9.17, 15) is 18.8 Å². The largest absolute Gasteiger partial charge is 0.331 e. The Bertz CT molecular complexity index is 1070. The van der Waals surface area contributed by atoms with Gasteiger partial charge in [0, 0.05) is 11.5 Å². The van der Waals surface area contributed by atoms with E-state index >= 15 is 0 Å². The molecule has 0 spiro atoms. The lowest BCUT2D eigenvalue weighted by Gasteiger charge is -2.11. The molecule has 0 bridgehead atoms. The molecule has 9 heteroatoms. The molecule has 2 aromatic heterocycles. The van der Waals surface area contributed by atoms with Crippen LogP contribution in [0.5, 0.6) is 0 Å². The van der Waals surface area contributed by atoms with Crippen LogP contribution in [-0.4, -0.2) is 15.0 Å². The predicted molar refractivity (Wildman–Crippen MR) is 94.1 cm³/mol. The summed E-state index contributed by atoms with van der Waals surface area (Å²) >= 11 is 4.33. The Morgan fingerprint density at radius 3 is 2.79 bits per heavy atom. The Balaban J connectivity index is 1.95. The fraction of sp³-hybridized carbons (Fsp3) is 0.133. The Hall–Kier alpha value is -2.26. The fourth-order valence-electron chi connectivity index (χ4n) is 2.28. The maximum Gasteiger partial charge on any atom is 0.331 e. The number of carbonyl (C=O) groups is 1. The van der Waals surface area contributed by atoms with Gasteiger partial charge in [-0.3, -0.25) is 18.7 Å². The third kappa shape index (κ3) is 2.92. The van der Waals surface area contributed by atoms with Gasteiger partial charge in [0.1, 0.15) is 17.1 Å². The van der Waals surface area contributed by atoms with Crippen molar-refractivity contribution in [1.29, 1.82) is 0 Å². The summed E-state index contributed by atoms with van der Waals surface area (Å²) in [6.07, 6.45) is 0. The van der Waals surface area contributed by atoms with Crippen molar-refractivity contribution in [3.05, 3.63) is 60.8 Å². The molecule has 3 rings (SSSR count). The summed E-state index contributed by atoms with van der Waals surface area (Å²) in [4.78, 5) is 36.5. The summed E-state index contributed by atoms with van der Waals surface area (Å²) < 4.78 is 16.9. The van der Waals surface area contributed by atoms with Crippen molar-refractivity contribution in [3.63, 3.8) is 0 Å². The highest BCUT2D eigenvalue weighted by Crippen LogP contribution is 2.19. The van der Waals surface area contributed by atoms with Crippen molar-refractivity contribution in [3.8, 4) is 0 Å². The van der Waals surface area contributed by atoms with Crippen LogP contribution < -0.4 is 16.6 Å². The van der Waals surface area contributed by atoms with Gasteiger partial charge in [0.05, 0.1) is 11.2 Å². The van der Waals surface area contributed by atoms with Gasteiger partial charge in [0.25, 0.3) is 5.56 Å². The Kier molecular flexibility index (Phi) is 4.37. The lowest BCUT2D eigenvalue weighted by molar-refractivity contribution is -0.116. The summed E-state index contributed by atoms with van der Waals surface area (Å²) in [5.74, 6) is -1.16. The van der Waals surface area contributed by atoms with Crippen molar-refractivity contribution in [2.75, 3.05) is 5.32 Å². The number of hydrogen-bond acceptors (Lipinski definition) is 4. The summed E-state index contributed by atoms with van der Waals surface area (Å²) in [6, 6.07) is 5.84. The molecule has 0 aliphatic heterocycles. The number of carbonyl (C=O) groups excluding carboxylic acids is 1. The van der Waals surface area contributed by atoms with E-state index in [-0.39, 0.29) is 12.2 Å². The first-order valence-electron chi connectivity index (χ1n) is 6.80. The molecule has 0 aliphatic carbocycles. The number of anilines is 1. The normalized spacial score (nSPS) is 11.0. The van der Waals surface area contributed by atoms with E-state index in [0.29, 0.717) is 14.7 Å². The third-order valence-electron chi connectivity index (χ3n) is 3.46. The Morgan fingerprint density at radius 1 is 1.33 bits per heavy atom. The molecular weight excluding hydrogens is 401 g/mol. The molecule has 6 nitrogen and oxygen atoms in total. The van der Waals surface area contributed by atoms with E-state index in [4.69, 9.17) is 0 Å². The van der Waals surface area contributed by atoms with Gasteiger partial charge in [-0.15, -0.1) is 11.3 Å². The van der Waals surface area contributed by atoms with Gasteiger partial charge in [0.15, 0.2) is 0 Å². The highest BCUT2D eigenvalue weighted by atomic mass is 79.9. The summed E-state index contributed by atoms with van der Waals surface area (Å²) in [7, 11) is 1.35. The van der Waals surface area contributed by atoms with Gasteiger partial charge in [-0.05, 0) is 29.6 Å². The smallest absolute Gasteiger partial charge is 0.322 e. The van der Waals surface area contributed by atoms with Gasteiger partial charge in [0.2, 0.25) is 5.91 Å². The van der Waals surface area contributed by atoms with Crippen LogP contribution in [0, 0.1) is 5.82 Å². The third-order valence-corrected chi connectivity index (χ3v) is 4.84. The molecular formula is C15H11BrFN3O3S. The van der Waals surface area contributed by atoms with E-state index in [2.05, 4.69) is 21.2 Å². The van der Waals surface area contributed by atoms with Crippen LogP contribution in [-0.2, 0) is 18.4 Å². The average Bonchev–Trinajstić information content (AvgIpc) is 3.02. The van der Waals surface area contributed by atoms with Crippen LogP contribution in [0.2, 0.25) is 0 Å². The van der Waals surface area contributed by atoms with Crippen molar-refractivity contribution >= 4 is 49.1 Å². The molecule has 1 aromatic carbocycles. The number of nitrogens with zero attached hydrogens (tertiary/aromatic N) is 2. The second kappa shape index (κ2) is 6.33. The standard InChI is InChI=1S/C15H11BrFN3O3S/c1-19-14(22)13-11(4-5-24-13)20(15(19)23)7-12(21)18-10-3-2-8(16)6-9(10)17/h2-6H,7H2,1H3,(H,18,21). The molecule has 24 heavy (non-hydrogen) atoms. The Morgan fingerprint density at radius 2 is 2.08 bits per heavy atom. The molecule has 1 amide bonds. The second-order valence-corrected chi connectivity index (χ2v) is 6.87. The van der Waals surface area contributed by atoms with Crippen LogP contribution in [0.25, 0.3) is 10.2 Å². The van der Waals surface area contributed by atoms with E-state index in [1.54, 1.807) is 17.5 Å². The highest BCUT2D eigenvalue weighted by Gasteiger charge is 2.15. The topological polar surface area (TPSA) is 73.1 Å². The van der Waals surface area contributed by atoms with Gasteiger partial charge >= 0.3 is 5.69 Å². The lowest BCUT2D eigenvalue weighted by atomic mass is 10.3. The van der Waals surface area contributed by atoms with Crippen LogP contribution in [0.15, 0.2) is 43.7 Å². The number of aromatic nitrogens is 2. The highest BCUT2D eigenvalue weighted by molar-refractivity contribution is 9.10. The van der Waals surface area contributed by atoms with Crippen LogP contribution in [0.1, 0.15) is 0 Å². The molecule has 2 heterocycles. The van der Waals surface area contributed by atoms with Gasteiger partial charge in [-0.1, -0.05) is 15.9 Å². The zero-order valence-corrected chi connectivity index (χ0v) is 14.8. The molecule has 124 valence electrons. The SMILES string of the molecule is Cn1c(=O)c2sccc2n(CC(=O)Nc2ccc(Br)cc2F)c1=O. The summed E-state index contributed by atoms with van der Waals surface area (Å²) in [5.41, 5.74) is -0.597. The first-order chi connectivity index (χ1) is 11.4. The molecule has 0 saturated carbocycles. The maximum absolute atomic E-state index is 13.8. The molecule has 0 fully saturated rings. The van der Waals surface area contributed by atoms with Crippen molar-refractivity contribution in [2.24, 2.45) is 7.05 Å². The molecule has 0 aliphatic rings. The minimum absolute atomic E-state index is 0.0163. The quantitative estimate of drug-likeness (QED) is 0.718. The first kappa shape index (κ1) is 16.6. The molecule has 1 N–H and O–H groups in total. The zero-order chi connectivity index (χ0) is 17.4. The monoisotopic (exact) mass is 411 g/mol. The number of benzene rings is 1. The fourth-order valence-corrected chi connectivity index (χ4v) is 3.48. The molecule has 3 aromatic rings. The Labute approximate surface area is 147 Å². The number of fused-ring (bicyclic) bond motifs is 1. The number of hydrogen-bond donors (Lipinski definition) is 1. The molecule has 0 unspecified atom stereocenters. The minimum Gasteiger partial charge on any atom is -0.322 e. The molecule has 0 atom stereocenters. The lowest BCUT2D eigenvalue weighted by Crippen LogP contribution is -2.39. The second-order valence-electron chi connectivity index (χ2n) is 5.04. The van der Waals surface area contributed by atoms with Gasteiger partial charge in [-0.25, -0.2) is 9.18 Å². The van der Waals surface area contributed by atoms with E-state index in [0.717, 1.165) is 4.57 Å². The van der Waals surface area contributed by atoms with E-state index in [1.807, 2.05) is 0 Å². The number of thiophene rings is 1. The van der Waals surface area contributed by atoms with E-state index < -0.39 is 23.0 Å². The maximum atomic E-state index is 13.8. The zero-order valence-electron chi connectivity index (χ0n) is 12.4. The number of rotatable bonds is 3. The number of amides is 1. The average molecular weight is 412 g/mol. The summed E-state index contributed by atoms with van der Waals surface area (Å²) in [6.45, 7) is -0.324. The summed E-state index contributed by atoms with van der Waals surface area (Å²) in [5, 5.41) is 4.10. The van der Waals surface area contributed by atoms with Crippen LogP contribution in [0.3, 0.4) is 0 Å². The van der Waals surface area contributed by atoms with Crippen LogP contribution in [0.4, 0.5) is 10.1 Å². The van der Waals surface area contributed by atoms with Crippen LogP contribution >= 0.6 is 27.3 Å². The molecule has 0 saturated heterocycles. The van der Waals surface area contributed by atoms with Crippen molar-refractivity contribution in [2.45, 2.75) is 6.54 Å². The number of nitrogens with one attached hydrogen (secondary N) is 1. The van der Waals surface area contributed by atoms with Crippen molar-refractivity contribution in [1.82, 2.24) is 9.13 Å². The van der Waals surface area contributed by atoms with Gasteiger partial charge < -0.3 is 5.32 Å². The first-order valence-corrected chi connectivity index (χ1v) is 8.47. The minimum atomic E-state index is -0.600.